The van der Waals surface area contributed by atoms with E-state index < -0.39 is 17.5 Å². The molecule has 0 radical (unpaired) electrons. The SMILES string of the molecule is CN(C)c1ccc(/C=C2C=C(/C=C/C3C4(CO4)C(N4CCOCC4)CC4[C@]3(C)CC[C@@H](O)[C@@]4(C)CO)C(=O)O\2)c(O)c1. The number of carbonyl (C=O) groups excluding carboxylic acids is 1. The third-order valence-electron chi connectivity index (χ3n) is 10.9. The normalized spacial score (nSPS) is 39.4. The van der Waals surface area contributed by atoms with Gasteiger partial charge in [0, 0.05) is 61.9 Å². The fourth-order valence-corrected chi connectivity index (χ4v) is 8.32. The summed E-state index contributed by atoms with van der Waals surface area (Å²) in [6.07, 6.45) is 9.04. The summed E-state index contributed by atoms with van der Waals surface area (Å²) < 4.78 is 17.6. The van der Waals surface area contributed by atoms with Crippen LogP contribution in [0.25, 0.3) is 6.08 Å². The van der Waals surface area contributed by atoms with Crippen molar-refractivity contribution in [2.75, 3.05) is 58.5 Å². The Morgan fingerprint density at radius 1 is 1.19 bits per heavy atom. The number of benzene rings is 1. The molecule has 2 saturated heterocycles. The van der Waals surface area contributed by atoms with Crippen LogP contribution in [0.15, 0.2) is 47.8 Å². The molecule has 3 aliphatic heterocycles. The van der Waals surface area contributed by atoms with Gasteiger partial charge >= 0.3 is 5.97 Å². The minimum atomic E-state index is -0.633. The van der Waals surface area contributed by atoms with Crippen LogP contribution in [0.3, 0.4) is 0 Å². The molecule has 6 rings (SSSR count). The van der Waals surface area contributed by atoms with E-state index >= 15 is 0 Å². The number of hydrogen-bond donors (Lipinski definition) is 3. The molecule has 5 aliphatic rings. The second kappa shape index (κ2) is 10.8. The lowest BCUT2D eigenvalue weighted by Crippen LogP contribution is -2.67. The van der Waals surface area contributed by atoms with Crippen molar-refractivity contribution in [3.05, 3.63) is 53.3 Å². The lowest BCUT2D eigenvalue weighted by Gasteiger charge is -2.63. The quantitative estimate of drug-likeness (QED) is 0.345. The van der Waals surface area contributed by atoms with E-state index in [-0.39, 0.29) is 41.3 Å². The second-order valence-electron chi connectivity index (χ2n) is 13.4. The maximum atomic E-state index is 12.9. The number of anilines is 1. The average Bonchev–Trinajstić information content (AvgIpc) is 3.67. The molecular formula is C33H44N2O7. The van der Waals surface area contributed by atoms with E-state index in [2.05, 4.69) is 17.9 Å². The number of esters is 1. The summed E-state index contributed by atoms with van der Waals surface area (Å²) in [6, 6.07) is 5.49. The van der Waals surface area contributed by atoms with E-state index in [9.17, 15) is 20.1 Å². The van der Waals surface area contributed by atoms with Crippen molar-refractivity contribution in [2.24, 2.45) is 22.7 Å². The van der Waals surface area contributed by atoms with Gasteiger partial charge in [0.15, 0.2) is 0 Å². The lowest BCUT2D eigenvalue weighted by atomic mass is 9.44. The maximum absolute atomic E-state index is 12.9. The number of ether oxygens (including phenoxy) is 3. The summed E-state index contributed by atoms with van der Waals surface area (Å²) in [5, 5.41) is 32.2. The fraction of sp³-hybridized carbons (Fsp3) is 0.606. The number of hydrogen-bond acceptors (Lipinski definition) is 9. The van der Waals surface area contributed by atoms with Crippen LogP contribution in [-0.2, 0) is 19.0 Å². The number of morpholine rings is 1. The molecule has 4 unspecified atom stereocenters. The van der Waals surface area contributed by atoms with Crippen LogP contribution >= 0.6 is 0 Å². The zero-order valence-electron chi connectivity index (χ0n) is 25.1. The van der Waals surface area contributed by atoms with Gasteiger partial charge in [-0.3, -0.25) is 4.90 Å². The largest absolute Gasteiger partial charge is 0.507 e. The van der Waals surface area contributed by atoms with Gasteiger partial charge in [-0.05, 0) is 54.9 Å². The molecule has 9 nitrogen and oxygen atoms in total. The molecule has 1 aromatic carbocycles. The van der Waals surface area contributed by atoms with Crippen molar-refractivity contribution in [1.82, 2.24) is 4.90 Å². The predicted molar refractivity (Wildman–Crippen MR) is 159 cm³/mol. The van der Waals surface area contributed by atoms with E-state index in [1.54, 1.807) is 24.3 Å². The number of phenolic OH excluding ortho intramolecular Hbond substituents is 1. The molecule has 0 bridgehead atoms. The first kappa shape index (κ1) is 29.4. The number of phenols is 1. The highest BCUT2D eigenvalue weighted by Crippen LogP contribution is 2.66. The minimum Gasteiger partial charge on any atom is -0.507 e. The molecule has 42 heavy (non-hydrogen) atoms. The molecule has 228 valence electrons. The summed E-state index contributed by atoms with van der Waals surface area (Å²) >= 11 is 0. The molecular weight excluding hydrogens is 536 g/mol. The summed E-state index contributed by atoms with van der Waals surface area (Å²) in [4.78, 5) is 17.3. The fourth-order valence-electron chi connectivity index (χ4n) is 8.32. The van der Waals surface area contributed by atoms with Crippen molar-refractivity contribution >= 4 is 17.7 Å². The molecule has 3 N–H and O–H groups in total. The molecule has 2 saturated carbocycles. The molecule has 2 aliphatic carbocycles. The van der Waals surface area contributed by atoms with Gasteiger partial charge in [0.2, 0.25) is 0 Å². The Kier molecular flexibility index (Phi) is 7.55. The molecule has 0 amide bonds. The maximum Gasteiger partial charge on any atom is 0.343 e. The van der Waals surface area contributed by atoms with Crippen LogP contribution in [0.2, 0.25) is 0 Å². The monoisotopic (exact) mass is 580 g/mol. The number of nitrogens with zero attached hydrogens (tertiary/aromatic N) is 2. The Labute approximate surface area is 248 Å². The Bertz CT molecular complexity index is 1310. The van der Waals surface area contributed by atoms with E-state index in [1.165, 1.54) is 0 Å². The first-order valence-electron chi connectivity index (χ1n) is 15.1. The number of aromatic hydroxyl groups is 1. The lowest BCUT2D eigenvalue weighted by molar-refractivity contribution is -0.186. The summed E-state index contributed by atoms with van der Waals surface area (Å²) in [6.45, 7) is 7.86. The number of carbonyl (C=O) groups is 1. The molecule has 1 aromatic rings. The van der Waals surface area contributed by atoms with Crippen molar-refractivity contribution in [3.63, 3.8) is 0 Å². The highest BCUT2D eigenvalue weighted by molar-refractivity contribution is 5.96. The summed E-state index contributed by atoms with van der Waals surface area (Å²) in [5.74, 6) is 0.0758. The van der Waals surface area contributed by atoms with Gasteiger partial charge in [-0.15, -0.1) is 0 Å². The summed E-state index contributed by atoms with van der Waals surface area (Å²) in [7, 11) is 3.81. The third kappa shape index (κ3) is 4.79. The van der Waals surface area contributed by atoms with Crippen LogP contribution in [-0.4, -0.2) is 97.5 Å². The van der Waals surface area contributed by atoms with Gasteiger partial charge in [-0.2, -0.15) is 0 Å². The summed E-state index contributed by atoms with van der Waals surface area (Å²) in [5.41, 5.74) is 0.612. The van der Waals surface area contributed by atoms with Gasteiger partial charge in [0.1, 0.15) is 17.1 Å². The smallest absolute Gasteiger partial charge is 0.343 e. The molecule has 1 spiro atoms. The van der Waals surface area contributed by atoms with Crippen LogP contribution < -0.4 is 4.90 Å². The Balaban J connectivity index is 1.33. The number of cyclic esters (lactones) is 1. The number of epoxide rings is 1. The third-order valence-corrected chi connectivity index (χ3v) is 10.9. The highest BCUT2D eigenvalue weighted by Gasteiger charge is 2.71. The Morgan fingerprint density at radius 3 is 2.57 bits per heavy atom. The number of aliphatic hydroxyl groups is 2. The van der Waals surface area contributed by atoms with Crippen LogP contribution in [0.4, 0.5) is 5.69 Å². The second-order valence-corrected chi connectivity index (χ2v) is 13.4. The van der Waals surface area contributed by atoms with E-state index in [4.69, 9.17) is 14.2 Å². The molecule has 9 heteroatoms. The highest BCUT2D eigenvalue weighted by atomic mass is 16.6. The van der Waals surface area contributed by atoms with Gasteiger partial charge in [0.25, 0.3) is 0 Å². The van der Waals surface area contributed by atoms with Gasteiger partial charge in [-0.25, -0.2) is 4.79 Å². The zero-order chi connectivity index (χ0) is 29.9. The van der Waals surface area contributed by atoms with E-state index in [0.29, 0.717) is 43.1 Å². The van der Waals surface area contributed by atoms with Crippen molar-refractivity contribution < 1.29 is 34.3 Å². The van der Waals surface area contributed by atoms with Crippen molar-refractivity contribution in [1.29, 1.82) is 0 Å². The zero-order valence-corrected chi connectivity index (χ0v) is 25.1. The van der Waals surface area contributed by atoms with Gasteiger partial charge < -0.3 is 34.4 Å². The first-order chi connectivity index (χ1) is 20.0. The molecule has 3 heterocycles. The Hall–Kier alpha value is -2.69. The average molecular weight is 581 g/mol. The van der Waals surface area contributed by atoms with Crippen LogP contribution in [0, 0.1) is 22.7 Å². The van der Waals surface area contributed by atoms with Gasteiger partial charge in [-0.1, -0.05) is 26.0 Å². The first-order valence-corrected chi connectivity index (χ1v) is 15.1. The molecule has 0 aromatic heterocycles. The van der Waals surface area contributed by atoms with E-state index in [0.717, 1.165) is 31.6 Å². The number of aliphatic hydroxyl groups excluding tert-OH is 2. The predicted octanol–water partition coefficient (Wildman–Crippen LogP) is 3.10. The van der Waals surface area contributed by atoms with Crippen LogP contribution in [0.1, 0.15) is 38.7 Å². The minimum absolute atomic E-state index is 0.0284. The van der Waals surface area contributed by atoms with Crippen molar-refractivity contribution in [2.45, 2.75) is 50.9 Å². The number of allylic oxidation sites excluding steroid dienone is 1. The van der Waals surface area contributed by atoms with Crippen LogP contribution in [0.5, 0.6) is 5.75 Å². The van der Waals surface area contributed by atoms with Crippen molar-refractivity contribution in [3.8, 4) is 5.75 Å². The van der Waals surface area contributed by atoms with E-state index in [1.807, 2.05) is 38.1 Å². The Morgan fingerprint density at radius 2 is 1.93 bits per heavy atom. The molecule has 4 fully saturated rings. The number of fused-ring (bicyclic) bond motifs is 1. The standard InChI is InChI=1S/C33H44N2O7/c1-31-10-9-29(38)32(2,19-36)27(31)18-28(35-11-13-40-14-12-35)33(20-41-33)26(31)8-6-22-16-24(42-30(22)39)15-21-5-7-23(34(3)4)17-25(21)37/h5-8,15-17,26-29,36-38H,9-14,18-20H2,1-4H3/b8-6+,24-15+/t26?,27?,28?,29-,31-,32+,33?/m1/s1. The topological polar surface area (TPSA) is 115 Å². The van der Waals surface area contributed by atoms with Gasteiger partial charge in [0.05, 0.1) is 38.1 Å². The molecule has 7 atom stereocenters. The number of rotatable bonds is 6.